The molecular formula is C42H47F2N11O6. The van der Waals surface area contributed by atoms with Crippen LogP contribution in [-0.2, 0) is 19.1 Å². The third kappa shape index (κ3) is 7.85. The number of hydrogen-bond acceptors (Lipinski definition) is 12. The number of carbonyl (C=O) groups is 4. The van der Waals surface area contributed by atoms with Crippen molar-refractivity contribution in [1.82, 2.24) is 39.5 Å². The number of imide groups is 1. The number of carbonyl (C=O) groups excluding carboxylic acids is 4. The van der Waals surface area contributed by atoms with Crippen LogP contribution in [0, 0.1) is 5.92 Å². The van der Waals surface area contributed by atoms with Crippen molar-refractivity contribution in [3.05, 3.63) is 65.9 Å². The van der Waals surface area contributed by atoms with Crippen molar-refractivity contribution in [2.45, 2.75) is 75.5 Å². The molecule has 320 valence electrons. The minimum atomic E-state index is -2.87. The molecule has 5 aromatic rings. The molecule has 4 aromatic heterocycles. The van der Waals surface area contributed by atoms with Gasteiger partial charge in [0, 0.05) is 69.0 Å². The van der Waals surface area contributed by atoms with E-state index in [0.29, 0.717) is 41.4 Å². The molecule has 10 rings (SSSR count). The lowest BCUT2D eigenvalue weighted by molar-refractivity contribution is -0.134. The minimum absolute atomic E-state index is 0.0184. The summed E-state index contributed by atoms with van der Waals surface area (Å²) < 4.78 is 43.2. The summed E-state index contributed by atoms with van der Waals surface area (Å²) in [4.78, 5) is 62.3. The lowest BCUT2D eigenvalue weighted by Crippen LogP contribution is -2.49. The first kappa shape index (κ1) is 39.4. The third-order valence-corrected chi connectivity index (χ3v) is 13.1. The highest BCUT2D eigenvalue weighted by atomic mass is 19.3. The monoisotopic (exact) mass is 839 g/mol. The number of piperidine rings is 1. The van der Waals surface area contributed by atoms with Gasteiger partial charge in [-0.25, -0.2) is 18.3 Å². The molecule has 5 fully saturated rings. The number of hydrogen-bond donors (Lipinski definition) is 3. The van der Waals surface area contributed by atoms with E-state index < -0.39 is 23.9 Å². The third-order valence-electron chi connectivity index (χ3n) is 13.1. The second-order valence-electron chi connectivity index (χ2n) is 16.9. The van der Waals surface area contributed by atoms with Crippen molar-refractivity contribution in [2.75, 3.05) is 68.0 Å². The van der Waals surface area contributed by atoms with Gasteiger partial charge < -0.3 is 29.6 Å². The van der Waals surface area contributed by atoms with Crippen molar-refractivity contribution < 1.29 is 37.1 Å². The van der Waals surface area contributed by atoms with Crippen LogP contribution in [0.4, 0.5) is 26.0 Å². The molecule has 3 atom stereocenters. The molecule has 1 aliphatic carbocycles. The van der Waals surface area contributed by atoms with Crippen LogP contribution in [0.25, 0.3) is 16.6 Å². The smallest absolute Gasteiger partial charge is 0.284 e. The molecule has 61 heavy (non-hydrogen) atoms. The van der Waals surface area contributed by atoms with Gasteiger partial charge in [-0.05, 0) is 56.6 Å². The number of ether oxygens (including phenoxy) is 1. The SMILES string of the molecule is O=C1CC[C@@H](c2coc3c(NC(=O)CN4CCN(CC5CCC(n6cc(NC(=O)c7cnn8ccc(N9C[C@@H]%10C[C@H]9CO%10)nc78)c(C(F)F)n6)CC5)CC4)cccc23)C(=O)N1. The Morgan fingerprint density at radius 3 is 2.54 bits per heavy atom. The molecule has 4 saturated heterocycles. The fourth-order valence-corrected chi connectivity index (χ4v) is 9.82. The van der Waals surface area contributed by atoms with Crippen LogP contribution >= 0.6 is 0 Å². The molecule has 0 radical (unpaired) electrons. The van der Waals surface area contributed by atoms with Crippen LogP contribution in [0.2, 0.25) is 0 Å². The van der Waals surface area contributed by atoms with E-state index in [0.717, 1.165) is 82.6 Å². The van der Waals surface area contributed by atoms with Gasteiger partial charge >= 0.3 is 0 Å². The lowest BCUT2D eigenvalue weighted by Gasteiger charge is -2.38. The van der Waals surface area contributed by atoms with Crippen molar-refractivity contribution in [2.24, 2.45) is 5.92 Å². The highest BCUT2D eigenvalue weighted by molar-refractivity contribution is 6.08. The van der Waals surface area contributed by atoms with Gasteiger partial charge in [-0.2, -0.15) is 10.2 Å². The highest BCUT2D eigenvalue weighted by Gasteiger charge is 2.40. The number of morpholine rings is 1. The Bertz CT molecular complexity index is 2490. The number of alkyl halides is 2. The van der Waals surface area contributed by atoms with Gasteiger partial charge in [0.2, 0.25) is 17.7 Å². The number of furan rings is 1. The molecule has 4 amide bonds. The van der Waals surface area contributed by atoms with Crippen LogP contribution in [-0.4, -0.2) is 122 Å². The van der Waals surface area contributed by atoms with Gasteiger partial charge in [-0.1, -0.05) is 12.1 Å². The van der Waals surface area contributed by atoms with Crippen LogP contribution in [0.5, 0.6) is 0 Å². The zero-order valence-corrected chi connectivity index (χ0v) is 33.5. The number of aromatic nitrogens is 5. The topological polar surface area (TPSA) is 184 Å². The summed E-state index contributed by atoms with van der Waals surface area (Å²) in [6.45, 7) is 5.67. The molecule has 1 saturated carbocycles. The van der Waals surface area contributed by atoms with Gasteiger partial charge in [0.05, 0.1) is 61.1 Å². The minimum Gasteiger partial charge on any atom is -0.462 e. The van der Waals surface area contributed by atoms with Crippen molar-refractivity contribution in [3.63, 3.8) is 0 Å². The standard InChI is InChI=1S/C42H47F2N11O6/c43-39(44)37-33(47-42(59)30-17-45-54-11-10-34(48-40(30)54)53-19-27-16-26(53)22-60-27)20-55(50-37)25-6-4-24(5-7-25)18-51-12-14-52(15-13-51)21-36(57)46-32-3-1-2-28-31(23-61-38(28)32)29-8-9-35(56)49-41(29)58/h1-3,10-11,17,20,23-27,29,39H,4-9,12-16,18-19,21-22H2,(H,46,57)(H,47,59)(H,49,56,58)/t24?,25?,26-,27-,29-/m0/s1. The Labute approximate surface area is 348 Å². The van der Waals surface area contributed by atoms with Gasteiger partial charge in [-0.3, -0.25) is 34.1 Å². The van der Waals surface area contributed by atoms with Gasteiger partial charge in [0.25, 0.3) is 12.3 Å². The number of para-hydroxylation sites is 1. The van der Waals surface area contributed by atoms with E-state index in [1.54, 1.807) is 16.9 Å². The molecule has 19 heteroatoms. The van der Waals surface area contributed by atoms with Gasteiger partial charge in [-0.15, -0.1) is 0 Å². The fraction of sp³-hybridized carbons (Fsp3) is 0.500. The second kappa shape index (κ2) is 16.2. The van der Waals surface area contributed by atoms with Gasteiger partial charge in [0.1, 0.15) is 11.4 Å². The Morgan fingerprint density at radius 1 is 0.967 bits per heavy atom. The second-order valence-corrected chi connectivity index (χ2v) is 16.9. The zero-order valence-electron chi connectivity index (χ0n) is 33.5. The molecule has 4 aliphatic heterocycles. The highest BCUT2D eigenvalue weighted by Crippen LogP contribution is 2.38. The molecule has 0 spiro atoms. The maximum atomic E-state index is 14.3. The Morgan fingerprint density at radius 2 is 1.79 bits per heavy atom. The van der Waals surface area contributed by atoms with E-state index in [1.807, 2.05) is 18.2 Å². The molecule has 2 bridgehead atoms. The normalized spacial score (nSPS) is 24.9. The summed E-state index contributed by atoms with van der Waals surface area (Å²) in [5.41, 5.74) is 1.78. The number of benzene rings is 1. The van der Waals surface area contributed by atoms with Gasteiger partial charge in [0.15, 0.2) is 16.9 Å². The van der Waals surface area contributed by atoms with Crippen LogP contribution in [0.1, 0.15) is 84.9 Å². The van der Waals surface area contributed by atoms with Crippen molar-refractivity contribution in [3.8, 4) is 0 Å². The van der Waals surface area contributed by atoms with Crippen LogP contribution in [0.3, 0.4) is 0 Å². The van der Waals surface area contributed by atoms with E-state index in [4.69, 9.17) is 14.1 Å². The Kier molecular flexibility index (Phi) is 10.5. The number of piperazine rings is 1. The first-order chi connectivity index (χ1) is 29.6. The lowest BCUT2D eigenvalue weighted by atomic mass is 9.85. The quantitative estimate of drug-likeness (QED) is 0.160. The molecule has 8 heterocycles. The maximum absolute atomic E-state index is 14.3. The predicted octanol–water partition coefficient (Wildman–Crippen LogP) is 4.35. The molecule has 3 N–H and O–H groups in total. The number of nitrogens with one attached hydrogen (secondary N) is 3. The molecule has 17 nitrogen and oxygen atoms in total. The van der Waals surface area contributed by atoms with E-state index in [-0.39, 0.29) is 60.1 Å². The average Bonchev–Trinajstić information content (AvgIpc) is 4.11. The maximum Gasteiger partial charge on any atom is 0.284 e. The van der Waals surface area contributed by atoms with Crippen molar-refractivity contribution >= 4 is 57.4 Å². The molecular weight excluding hydrogens is 793 g/mol. The summed E-state index contributed by atoms with van der Waals surface area (Å²) in [6, 6.07) is 7.47. The van der Waals surface area contributed by atoms with Crippen molar-refractivity contribution in [1.29, 1.82) is 0 Å². The number of fused-ring (bicyclic) bond motifs is 4. The molecule has 5 aliphatic rings. The first-order valence-corrected chi connectivity index (χ1v) is 21.1. The van der Waals surface area contributed by atoms with Crippen LogP contribution in [0.15, 0.2) is 53.5 Å². The Hall–Kier alpha value is -5.79. The number of rotatable bonds is 11. The summed E-state index contributed by atoms with van der Waals surface area (Å²) in [5.74, 6) is -0.666. The van der Waals surface area contributed by atoms with E-state index in [9.17, 15) is 28.0 Å². The average molecular weight is 840 g/mol. The summed E-state index contributed by atoms with van der Waals surface area (Å²) in [5, 5.41) is 17.4. The summed E-state index contributed by atoms with van der Waals surface area (Å²) in [6.07, 6.45) is 8.54. The molecule has 0 unspecified atom stereocenters. The molecule has 1 aromatic carbocycles. The van der Waals surface area contributed by atoms with Crippen LogP contribution < -0.4 is 20.9 Å². The number of halogens is 2. The summed E-state index contributed by atoms with van der Waals surface area (Å²) in [7, 11) is 0. The number of amides is 4. The van der Waals surface area contributed by atoms with E-state index in [1.165, 1.54) is 23.2 Å². The Balaban J connectivity index is 0.699. The fourth-order valence-electron chi connectivity index (χ4n) is 9.82. The van der Waals surface area contributed by atoms with E-state index in [2.05, 4.69) is 40.8 Å². The first-order valence-electron chi connectivity index (χ1n) is 21.1. The number of anilines is 3. The largest absolute Gasteiger partial charge is 0.462 e. The van der Waals surface area contributed by atoms with E-state index >= 15 is 0 Å². The summed E-state index contributed by atoms with van der Waals surface area (Å²) >= 11 is 0. The number of nitrogens with zero attached hydrogens (tertiary/aromatic N) is 8. The zero-order chi connectivity index (χ0) is 41.8. The predicted molar refractivity (Wildman–Crippen MR) is 217 cm³/mol.